The summed E-state index contributed by atoms with van der Waals surface area (Å²) in [5, 5.41) is 20.7. The molecule has 1 fully saturated rings. The number of carbonyl (C=O) groups excluding carboxylic acids is 1. The number of hydrogen-bond acceptors (Lipinski definition) is 7. The van der Waals surface area contributed by atoms with Crippen LogP contribution in [0.4, 0.5) is 5.82 Å². The summed E-state index contributed by atoms with van der Waals surface area (Å²) in [6, 6.07) is 13.7. The van der Waals surface area contributed by atoms with Crippen molar-refractivity contribution in [2.24, 2.45) is 0 Å². The van der Waals surface area contributed by atoms with Gasteiger partial charge in [-0.1, -0.05) is 36.8 Å². The molecule has 9 nitrogen and oxygen atoms in total. The van der Waals surface area contributed by atoms with Crippen molar-refractivity contribution < 1.29 is 19.7 Å². The number of ether oxygens (including phenoxy) is 1. The van der Waals surface area contributed by atoms with Gasteiger partial charge in [-0.3, -0.25) is 9.69 Å². The molecule has 2 aliphatic rings. The summed E-state index contributed by atoms with van der Waals surface area (Å²) in [6.07, 6.45) is 5.14. The van der Waals surface area contributed by atoms with E-state index in [0.29, 0.717) is 36.2 Å². The molecule has 1 aliphatic heterocycles. The number of benzene rings is 1. The smallest absolute Gasteiger partial charge is 0.277 e. The van der Waals surface area contributed by atoms with Gasteiger partial charge < -0.3 is 24.4 Å². The molecule has 1 saturated carbocycles. The topological polar surface area (TPSA) is 104 Å². The minimum atomic E-state index is -1.17. The van der Waals surface area contributed by atoms with Gasteiger partial charge >= 0.3 is 0 Å². The summed E-state index contributed by atoms with van der Waals surface area (Å²) >= 11 is 0. The monoisotopic (exact) mass is 533 g/mol. The van der Waals surface area contributed by atoms with Gasteiger partial charge in [-0.15, -0.1) is 0 Å². The lowest BCUT2D eigenvalue weighted by molar-refractivity contribution is -0.00459. The van der Waals surface area contributed by atoms with E-state index in [9.17, 15) is 15.0 Å². The van der Waals surface area contributed by atoms with E-state index >= 15 is 0 Å². The zero-order valence-corrected chi connectivity index (χ0v) is 23.1. The Labute approximate surface area is 230 Å². The van der Waals surface area contributed by atoms with Crippen molar-refractivity contribution in [3.63, 3.8) is 0 Å². The Hall–Kier alpha value is -3.43. The van der Waals surface area contributed by atoms with E-state index in [4.69, 9.17) is 14.7 Å². The summed E-state index contributed by atoms with van der Waals surface area (Å²) in [7, 11) is 0. The van der Waals surface area contributed by atoms with Gasteiger partial charge in [0.2, 0.25) is 12.2 Å². The van der Waals surface area contributed by atoms with Crippen molar-refractivity contribution in [1.29, 1.82) is 0 Å². The Morgan fingerprint density at radius 3 is 2.46 bits per heavy atom. The van der Waals surface area contributed by atoms with Crippen molar-refractivity contribution in [3.05, 3.63) is 59.4 Å². The van der Waals surface area contributed by atoms with Gasteiger partial charge in [0.1, 0.15) is 11.9 Å². The summed E-state index contributed by atoms with van der Waals surface area (Å²) in [5.74, 6) is 1.38. The molecule has 0 bridgehead atoms. The standard InChI is InChI=1S/C30H39N5O4/c1-20(2)35-28-26(29(37)33(30(35)38)17-10-18-36)34(19-22-11-6-4-7-12-22)27(32-28)24-15-16-25(31-21(24)3)39-23-13-8-5-9-14-23/h4,6-7,11-12,15-16,20,23,30,36,38H,5,8-10,13-14,17-19H2,1-3H3. The highest BCUT2D eigenvalue weighted by atomic mass is 16.5. The number of carbonyl (C=O) groups is 1. The maximum absolute atomic E-state index is 13.9. The Kier molecular flexibility index (Phi) is 8.18. The van der Waals surface area contributed by atoms with Crippen molar-refractivity contribution in [2.75, 3.05) is 18.1 Å². The lowest BCUT2D eigenvalue weighted by Gasteiger charge is -2.42. The second-order valence-electron chi connectivity index (χ2n) is 10.8. The van der Waals surface area contributed by atoms with E-state index in [1.54, 1.807) is 4.90 Å². The number of imidazole rings is 1. The molecule has 0 saturated heterocycles. The minimum absolute atomic E-state index is 0.0697. The number of fused-ring (bicyclic) bond motifs is 1. The fraction of sp³-hybridized carbons (Fsp3) is 0.500. The Morgan fingerprint density at radius 1 is 1.05 bits per heavy atom. The second-order valence-corrected chi connectivity index (χ2v) is 10.8. The summed E-state index contributed by atoms with van der Waals surface area (Å²) in [6.45, 7) is 6.46. The maximum Gasteiger partial charge on any atom is 0.277 e. The van der Waals surface area contributed by atoms with Crippen molar-refractivity contribution >= 4 is 11.7 Å². The largest absolute Gasteiger partial charge is 0.474 e. The van der Waals surface area contributed by atoms with Crippen molar-refractivity contribution in [1.82, 2.24) is 19.4 Å². The third-order valence-electron chi connectivity index (χ3n) is 7.62. The Bertz CT molecular complexity index is 1290. The van der Waals surface area contributed by atoms with Gasteiger partial charge in [0.15, 0.2) is 11.5 Å². The van der Waals surface area contributed by atoms with Gasteiger partial charge in [-0.2, -0.15) is 0 Å². The molecule has 5 rings (SSSR count). The van der Waals surface area contributed by atoms with E-state index in [2.05, 4.69) is 0 Å². The molecule has 0 spiro atoms. The molecular weight excluding hydrogens is 494 g/mol. The van der Waals surface area contributed by atoms with E-state index in [1.807, 2.05) is 67.8 Å². The number of aliphatic hydroxyl groups is 2. The lowest BCUT2D eigenvalue weighted by atomic mass is 9.98. The minimum Gasteiger partial charge on any atom is -0.474 e. The first-order valence-corrected chi connectivity index (χ1v) is 14.1. The van der Waals surface area contributed by atoms with Gasteiger partial charge in [-0.25, -0.2) is 9.97 Å². The van der Waals surface area contributed by atoms with Crippen LogP contribution in [0.3, 0.4) is 0 Å². The average molecular weight is 534 g/mol. The molecule has 0 radical (unpaired) electrons. The number of anilines is 1. The number of nitrogens with zero attached hydrogens (tertiary/aromatic N) is 5. The van der Waals surface area contributed by atoms with E-state index < -0.39 is 6.35 Å². The number of aromatic nitrogens is 3. The normalized spacial score (nSPS) is 18.1. The number of amides is 1. The average Bonchev–Trinajstić information content (AvgIpc) is 3.28. The lowest BCUT2D eigenvalue weighted by Crippen LogP contribution is -2.58. The SMILES string of the molecule is Cc1nc(OC2CCCCC2)ccc1-c1nc2c(n1Cc1ccccc1)C(=O)N(CCCO)C(O)N2C(C)C. The predicted octanol–water partition coefficient (Wildman–Crippen LogP) is 4.34. The van der Waals surface area contributed by atoms with Crippen LogP contribution in [0, 0.1) is 6.92 Å². The molecule has 1 aliphatic carbocycles. The first-order chi connectivity index (χ1) is 18.9. The molecule has 1 amide bonds. The molecule has 9 heteroatoms. The zero-order valence-electron chi connectivity index (χ0n) is 23.1. The number of aryl methyl sites for hydroxylation is 1. The van der Waals surface area contributed by atoms with E-state index in [-0.39, 0.29) is 31.2 Å². The van der Waals surface area contributed by atoms with Gasteiger partial charge in [0.05, 0.1) is 5.69 Å². The molecular formula is C30H39N5O4. The first kappa shape index (κ1) is 27.1. The molecule has 3 heterocycles. The van der Waals surface area contributed by atoms with Crippen LogP contribution in [0.15, 0.2) is 42.5 Å². The van der Waals surface area contributed by atoms with Gasteiger partial charge in [-0.05, 0) is 64.5 Å². The number of pyridine rings is 1. The van der Waals surface area contributed by atoms with Crippen LogP contribution in [-0.4, -0.2) is 67.2 Å². The molecule has 208 valence electrons. The highest BCUT2D eigenvalue weighted by molar-refractivity contribution is 6.00. The fourth-order valence-corrected chi connectivity index (χ4v) is 5.62. The van der Waals surface area contributed by atoms with Crippen LogP contribution in [0.5, 0.6) is 5.88 Å². The number of rotatable bonds is 9. The number of hydrogen-bond donors (Lipinski definition) is 2. The van der Waals surface area contributed by atoms with Crippen LogP contribution in [0.1, 0.15) is 74.1 Å². The summed E-state index contributed by atoms with van der Waals surface area (Å²) in [4.78, 5) is 26.8. The van der Waals surface area contributed by atoms with E-state index in [0.717, 1.165) is 29.7 Å². The van der Waals surface area contributed by atoms with Crippen LogP contribution in [-0.2, 0) is 6.54 Å². The summed E-state index contributed by atoms with van der Waals surface area (Å²) < 4.78 is 8.14. The molecule has 2 N–H and O–H groups in total. The Balaban J connectivity index is 1.60. The molecule has 1 atom stereocenters. The quantitative estimate of drug-likeness (QED) is 0.422. The predicted molar refractivity (Wildman–Crippen MR) is 150 cm³/mol. The fourth-order valence-electron chi connectivity index (χ4n) is 5.62. The number of aliphatic hydroxyl groups excluding tert-OH is 2. The molecule has 39 heavy (non-hydrogen) atoms. The van der Waals surface area contributed by atoms with Crippen molar-refractivity contribution in [3.8, 4) is 17.3 Å². The van der Waals surface area contributed by atoms with Crippen LogP contribution < -0.4 is 9.64 Å². The molecule has 1 aromatic carbocycles. The highest BCUT2D eigenvalue weighted by Gasteiger charge is 2.42. The first-order valence-electron chi connectivity index (χ1n) is 14.1. The Morgan fingerprint density at radius 2 is 1.79 bits per heavy atom. The maximum atomic E-state index is 13.9. The van der Waals surface area contributed by atoms with Crippen LogP contribution >= 0.6 is 0 Å². The van der Waals surface area contributed by atoms with Crippen LogP contribution in [0.25, 0.3) is 11.4 Å². The van der Waals surface area contributed by atoms with E-state index in [1.165, 1.54) is 24.2 Å². The van der Waals surface area contributed by atoms with Crippen LogP contribution in [0.2, 0.25) is 0 Å². The molecule has 2 aromatic heterocycles. The van der Waals surface area contributed by atoms with Gasteiger partial charge in [0.25, 0.3) is 5.91 Å². The second kappa shape index (κ2) is 11.8. The zero-order chi connectivity index (χ0) is 27.5. The van der Waals surface area contributed by atoms with Crippen molar-refractivity contribution in [2.45, 2.75) is 84.3 Å². The third-order valence-corrected chi connectivity index (χ3v) is 7.62. The molecule has 1 unspecified atom stereocenters. The third kappa shape index (κ3) is 5.51. The molecule has 3 aromatic rings. The van der Waals surface area contributed by atoms with Gasteiger partial charge in [0, 0.05) is 37.4 Å². The summed E-state index contributed by atoms with van der Waals surface area (Å²) in [5.41, 5.74) is 3.02. The highest BCUT2D eigenvalue weighted by Crippen LogP contribution is 2.37.